The van der Waals surface area contributed by atoms with E-state index in [0.717, 1.165) is 6.54 Å². The SMILES string of the molecule is CSC(C)CNc1nccc(C#N)c1N. The van der Waals surface area contributed by atoms with E-state index in [1.807, 2.05) is 6.07 Å². The number of hydrogen-bond acceptors (Lipinski definition) is 5. The van der Waals surface area contributed by atoms with Crippen LogP contribution in [0.3, 0.4) is 0 Å². The Kier molecular flexibility index (Phi) is 4.25. The highest BCUT2D eigenvalue weighted by Gasteiger charge is 2.06. The number of anilines is 2. The van der Waals surface area contributed by atoms with Gasteiger partial charge in [-0.25, -0.2) is 4.98 Å². The first-order valence-electron chi connectivity index (χ1n) is 4.60. The molecule has 0 radical (unpaired) electrons. The van der Waals surface area contributed by atoms with Crippen molar-refractivity contribution < 1.29 is 0 Å². The van der Waals surface area contributed by atoms with Gasteiger partial charge in [0.2, 0.25) is 0 Å². The fraction of sp³-hybridized carbons (Fsp3) is 0.400. The van der Waals surface area contributed by atoms with Crippen LogP contribution in [0.1, 0.15) is 12.5 Å². The number of pyridine rings is 1. The van der Waals surface area contributed by atoms with Crippen molar-refractivity contribution in [3.8, 4) is 6.07 Å². The van der Waals surface area contributed by atoms with E-state index >= 15 is 0 Å². The summed E-state index contributed by atoms with van der Waals surface area (Å²) in [6.07, 6.45) is 3.63. The fourth-order valence-corrected chi connectivity index (χ4v) is 1.29. The number of nitrogens with one attached hydrogen (secondary N) is 1. The molecule has 1 aromatic rings. The zero-order valence-electron chi connectivity index (χ0n) is 8.82. The number of nitrogens with two attached hydrogens (primary N) is 1. The first-order valence-corrected chi connectivity index (χ1v) is 5.89. The summed E-state index contributed by atoms with van der Waals surface area (Å²) in [4.78, 5) is 4.10. The average molecular weight is 222 g/mol. The number of hydrogen-bond donors (Lipinski definition) is 2. The summed E-state index contributed by atoms with van der Waals surface area (Å²) < 4.78 is 0. The molecule has 4 nitrogen and oxygen atoms in total. The van der Waals surface area contributed by atoms with Gasteiger partial charge < -0.3 is 11.1 Å². The molecule has 1 heterocycles. The van der Waals surface area contributed by atoms with Crippen molar-refractivity contribution in [3.63, 3.8) is 0 Å². The predicted molar refractivity (Wildman–Crippen MR) is 64.8 cm³/mol. The van der Waals surface area contributed by atoms with Gasteiger partial charge in [-0.1, -0.05) is 6.92 Å². The summed E-state index contributed by atoms with van der Waals surface area (Å²) in [5.41, 5.74) is 6.65. The summed E-state index contributed by atoms with van der Waals surface area (Å²) in [6, 6.07) is 3.64. The second-order valence-corrected chi connectivity index (χ2v) is 4.44. The van der Waals surface area contributed by atoms with Gasteiger partial charge in [0.15, 0.2) is 5.82 Å². The molecule has 1 atom stereocenters. The largest absolute Gasteiger partial charge is 0.395 e. The molecule has 0 fully saturated rings. The average Bonchev–Trinajstić information content (AvgIpc) is 2.27. The van der Waals surface area contributed by atoms with Gasteiger partial charge in [0.25, 0.3) is 0 Å². The van der Waals surface area contributed by atoms with E-state index < -0.39 is 0 Å². The molecule has 0 aliphatic heterocycles. The highest BCUT2D eigenvalue weighted by molar-refractivity contribution is 7.99. The first kappa shape index (κ1) is 11.7. The van der Waals surface area contributed by atoms with Crippen LogP contribution in [0.15, 0.2) is 12.3 Å². The van der Waals surface area contributed by atoms with Crippen LogP contribution >= 0.6 is 11.8 Å². The highest BCUT2D eigenvalue weighted by atomic mass is 32.2. The van der Waals surface area contributed by atoms with Crippen LogP contribution in [-0.4, -0.2) is 23.0 Å². The van der Waals surface area contributed by atoms with Crippen molar-refractivity contribution in [2.75, 3.05) is 23.9 Å². The zero-order chi connectivity index (χ0) is 11.3. The lowest BCUT2D eigenvalue weighted by Crippen LogP contribution is -2.15. The number of nitriles is 1. The van der Waals surface area contributed by atoms with Crippen molar-refractivity contribution in [2.24, 2.45) is 0 Å². The third-order valence-electron chi connectivity index (χ3n) is 2.07. The van der Waals surface area contributed by atoms with Gasteiger partial charge in [-0.15, -0.1) is 0 Å². The maximum Gasteiger partial charge on any atom is 0.150 e. The Hall–Kier alpha value is -1.41. The molecule has 3 N–H and O–H groups in total. The zero-order valence-corrected chi connectivity index (χ0v) is 9.64. The highest BCUT2D eigenvalue weighted by Crippen LogP contribution is 2.19. The third-order valence-corrected chi connectivity index (χ3v) is 3.04. The number of aromatic nitrogens is 1. The quantitative estimate of drug-likeness (QED) is 0.811. The molecule has 1 rings (SSSR count). The van der Waals surface area contributed by atoms with Gasteiger partial charge in [0.1, 0.15) is 6.07 Å². The number of nitrogens with zero attached hydrogens (tertiary/aromatic N) is 2. The summed E-state index contributed by atoms with van der Waals surface area (Å²) in [5.74, 6) is 0.593. The van der Waals surface area contributed by atoms with Crippen LogP contribution in [0.25, 0.3) is 0 Å². The molecule has 1 aromatic heterocycles. The lowest BCUT2D eigenvalue weighted by atomic mass is 10.2. The van der Waals surface area contributed by atoms with Gasteiger partial charge in [0, 0.05) is 18.0 Å². The Morgan fingerprint density at radius 3 is 3.07 bits per heavy atom. The van der Waals surface area contributed by atoms with E-state index in [0.29, 0.717) is 22.3 Å². The normalized spacial score (nSPS) is 11.8. The summed E-state index contributed by atoms with van der Waals surface area (Å²) in [6.45, 7) is 2.90. The Morgan fingerprint density at radius 1 is 1.73 bits per heavy atom. The van der Waals surface area contributed by atoms with Crippen LogP contribution in [0.5, 0.6) is 0 Å². The molecule has 0 aliphatic rings. The summed E-state index contributed by atoms with van der Waals surface area (Å²) >= 11 is 1.76. The van der Waals surface area contributed by atoms with E-state index in [-0.39, 0.29) is 0 Å². The molecule has 0 saturated carbocycles. The van der Waals surface area contributed by atoms with Gasteiger partial charge in [-0.05, 0) is 12.3 Å². The fourth-order valence-electron chi connectivity index (χ4n) is 1.04. The number of nitrogen functional groups attached to an aromatic ring is 1. The van der Waals surface area contributed by atoms with Crippen molar-refractivity contribution in [2.45, 2.75) is 12.2 Å². The molecule has 0 aromatic carbocycles. The molecular formula is C10H14N4S. The molecule has 0 amide bonds. The van der Waals surface area contributed by atoms with Crippen molar-refractivity contribution >= 4 is 23.3 Å². The van der Waals surface area contributed by atoms with Gasteiger partial charge >= 0.3 is 0 Å². The monoisotopic (exact) mass is 222 g/mol. The Bertz CT molecular complexity index is 372. The Morgan fingerprint density at radius 2 is 2.47 bits per heavy atom. The van der Waals surface area contributed by atoms with Crippen molar-refractivity contribution in [1.82, 2.24) is 4.98 Å². The molecule has 15 heavy (non-hydrogen) atoms. The molecule has 0 bridgehead atoms. The van der Waals surface area contributed by atoms with E-state index in [2.05, 4.69) is 23.5 Å². The standard InChI is InChI=1S/C10H14N4S/c1-7(15-2)6-14-10-9(12)8(5-11)3-4-13-10/h3-4,7H,6,12H2,1-2H3,(H,13,14). The summed E-state index contributed by atoms with van der Waals surface area (Å²) in [7, 11) is 0. The molecule has 5 heteroatoms. The third kappa shape index (κ3) is 3.03. The maximum atomic E-state index is 8.78. The van der Waals surface area contributed by atoms with E-state index in [1.54, 1.807) is 24.0 Å². The Labute approximate surface area is 93.9 Å². The van der Waals surface area contributed by atoms with Crippen LogP contribution in [0.4, 0.5) is 11.5 Å². The molecule has 0 aliphatic carbocycles. The lowest BCUT2D eigenvalue weighted by molar-refractivity contribution is 0.992. The van der Waals surface area contributed by atoms with Crippen LogP contribution in [0, 0.1) is 11.3 Å². The minimum atomic E-state index is 0.424. The van der Waals surface area contributed by atoms with E-state index in [4.69, 9.17) is 11.0 Å². The first-order chi connectivity index (χ1) is 7.19. The maximum absolute atomic E-state index is 8.78. The number of thioether (sulfide) groups is 1. The topological polar surface area (TPSA) is 74.7 Å². The van der Waals surface area contributed by atoms with Gasteiger partial charge in [-0.2, -0.15) is 17.0 Å². The molecule has 0 spiro atoms. The van der Waals surface area contributed by atoms with Gasteiger partial charge in [-0.3, -0.25) is 0 Å². The number of rotatable bonds is 4. The van der Waals surface area contributed by atoms with E-state index in [9.17, 15) is 0 Å². The van der Waals surface area contributed by atoms with Crippen LogP contribution in [-0.2, 0) is 0 Å². The predicted octanol–water partition coefficient (Wildman–Crippen LogP) is 1.70. The molecular weight excluding hydrogens is 208 g/mol. The molecule has 80 valence electrons. The van der Waals surface area contributed by atoms with E-state index in [1.165, 1.54) is 0 Å². The second kappa shape index (κ2) is 5.47. The van der Waals surface area contributed by atoms with Crippen molar-refractivity contribution in [3.05, 3.63) is 17.8 Å². The molecule has 0 saturated heterocycles. The second-order valence-electron chi connectivity index (χ2n) is 3.16. The van der Waals surface area contributed by atoms with Gasteiger partial charge in [0.05, 0.1) is 11.3 Å². The Balaban J connectivity index is 2.74. The lowest BCUT2D eigenvalue weighted by Gasteiger charge is -2.12. The van der Waals surface area contributed by atoms with Crippen LogP contribution in [0.2, 0.25) is 0 Å². The summed E-state index contributed by atoms with van der Waals surface area (Å²) in [5, 5.41) is 12.4. The minimum absolute atomic E-state index is 0.424. The molecule has 1 unspecified atom stereocenters. The van der Waals surface area contributed by atoms with Crippen LogP contribution < -0.4 is 11.1 Å². The smallest absolute Gasteiger partial charge is 0.150 e. The van der Waals surface area contributed by atoms with Crippen molar-refractivity contribution in [1.29, 1.82) is 5.26 Å². The minimum Gasteiger partial charge on any atom is -0.395 e.